The second-order valence-electron chi connectivity index (χ2n) is 3.49. The van der Waals surface area contributed by atoms with E-state index in [1.165, 1.54) is 0 Å². The van der Waals surface area contributed by atoms with Gasteiger partial charge in [-0.05, 0) is 28.8 Å². The molecule has 0 spiro atoms. The van der Waals surface area contributed by atoms with E-state index in [2.05, 4.69) is 31.2 Å². The first kappa shape index (κ1) is 11.0. The molecule has 0 atom stereocenters. The van der Waals surface area contributed by atoms with E-state index in [9.17, 15) is 4.21 Å². The Kier molecular flexibility index (Phi) is 3.69. The number of anilines is 1. The van der Waals surface area contributed by atoms with Crippen LogP contribution in [0.25, 0.3) is 0 Å². The van der Waals surface area contributed by atoms with Crippen molar-refractivity contribution in [2.24, 2.45) is 0 Å². The monoisotopic (exact) mass is 289 g/mol. The summed E-state index contributed by atoms with van der Waals surface area (Å²) in [6.07, 6.45) is 5.31. The first-order chi connectivity index (χ1) is 7.24. The predicted octanol–water partition coefficient (Wildman–Crippen LogP) is 1.56. The Morgan fingerprint density at radius 3 is 2.53 bits per heavy atom. The minimum Gasteiger partial charge on any atom is -0.351 e. The van der Waals surface area contributed by atoms with E-state index in [0.717, 1.165) is 28.8 Å². The lowest BCUT2D eigenvalue weighted by molar-refractivity contribution is 0.620. The molecule has 6 heteroatoms. The van der Waals surface area contributed by atoms with Crippen LogP contribution < -0.4 is 5.32 Å². The highest BCUT2D eigenvalue weighted by Gasteiger charge is 2.17. The fraction of sp³-hybridized carbons (Fsp3) is 0.556. The Labute approximate surface area is 99.5 Å². The maximum atomic E-state index is 11.2. The highest BCUT2D eigenvalue weighted by molar-refractivity contribution is 9.10. The van der Waals surface area contributed by atoms with Crippen molar-refractivity contribution in [3.63, 3.8) is 0 Å². The van der Waals surface area contributed by atoms with Crippen LogP contribution in [-0.4, -0.2) is 31.7 Å². The quantitative estimate of drug-likeness (QED) is 0.898. The third-order valence-electron chi connectivity index (χ3n) is 2.34. The van der Waals surface area contributed by atoms with Crippen LogP contribution in [0, 0.1) is 0 Å². The van der Waals surface area contributed by atoms with Crippen LogP contribution in [0.1, 0.15) is 12.8 Å². The molecule has 1 aromatic heterocycles. The molecule has 0 amide bonds. The SMILES string of the molecule is O=S1CCC(Nc2ncc(Br)cn2)CC1. The van der Waals surface area contributed by atoms with E-state index in [0.29, 0.717) is 12.0 Å². The number of halogens is 1. The second kappa shape index (κ2) is 5.03. The van der Waals surface area contributed by atoms with Gasteiger partial charge in [0.05, 0.1) is 4.47 Å². The molecule has 0 radical (unpaired) electrons. The van der Waals surface area contributed by atoms with Crippen molar-refractivity contribution in [2.75, 3.05) is 16.8 Å². The molecule has 2 rings (SSSR count). The zero-order chi connectivity index (χ0) is 10.7. The van der Waals surface area contributed by atoms with Crippen molar-refractivity contribution in [2.45, 2.75) is 18.9 Å². The van der Waals surface area contributed by atoms with Crippen molar-refractivity contribution in [3.05, 3.63) is 16.9 Å². The van der Waals surface area contributed by atoms with Gasteiger partial charge in [0.25, 0.3) is 0 Å². The molecule has 1 saturated heterocycles. The molecule has 1 aliphatic rings. The van der Waals surface area contributed by atoms with E-state index >= 15 is 0 Å². The Morgan fingerprint density at radius 1 is 1.33 bits per heavy atom. The van der Waals surface area contributed by atoms with Crippen LogP contribution in [0.3, 0.4) is 0 Å². The second-order valence-corrected chi connectivity index (χ2v) is 6.10. The molecule has 4 nitrogen and oxygen atoms in total. The van der Waals surface area contributed by atoms with Gasteiger partial charge in [0.2, 0.25) is 5.95 Å². The molecule has 0 unspecified atom stereocenters. The molecule has 0 aromatic carbocycles. The summed E-state index contributed by atoms with van der Waals surface area (Å²) >= 11 is 3.29. The average Bonchev–Trinajstić information content (AvgIpc) is 2.25. The minimum atomic E-state index is -0.611. The molecule has 0 saturated carbocycles. The van der Waals surface area contributed by atoms with Crippen molar-refractivity contribution >= 4 is 32.7 Å². The average molecular weight is 290 g/mol. The van der Waals surface area contributed by atoms with Crippen LogP contribution in [0.5, 0.6) is 0 Å². The number of nitrogens with one attached hydrogen (secondary N) is 1. The zero-order valence-electron chi connectivity index (χ0n) is 8.15. The lowest BCUT2D eigenvalue weighted by atomic mass is 10.2. The summed E-state index contributed by atoms with van der Waals surface area (Å²) in [5, 5.41) is 3.25. The normalized spacial score (nSPS) is 26.2. The molecule has 15 heavy (non-hydrogen) atoms. The molecular formula is C9H12BrN3OS. The molecule has 82 valence electrons. The summed E-state index contributed by atoms with van der Waals surface area (Å²) in [6, 6.07) is 0.365. The maximum absolute atomic E-state index is 11.2. The molecule has 1 aliphatic heterocycles. The van der Waals surface area contributed by atoms with Crippen LogP contribution in [0.2, 0.25) is 0 Å². The van der Waals surface area contributed by atoms with Gasteiger partial charge >= 0.3 is 0 Å². The molecule has 0 aliphatic carbocycles. The van der Waals surface area contributed by atoms with Gasteiger partial charge < -0.3 is 5.32 Å². The Bertz CT molecular complexity index is 347. The molecule has 1 N–H and O–H groups in total. The van der Waals surface area contributed by atoms with E-state index in [-0.39, 0.29) is 0 Å². The maximum Gasteiger partial charge on any atom is 0.222 e. The third-order valence-corrected chi connectivity index (χ3v) is 4.13. The van der Waals surface area contributed by atoms with Gasteiger partial charge in [-0.15, -0.1) is 0 Å². The van der Waals surface area contributed by atoms with Gasteiger partial charge in [0.15, 0.2) is 0 Å². The predicted molar refractivity (Wildman–Crippen MR) is 64.3 cm³/mol. The van der Waals surface area contributed by atoms with Crippen molar-refractivity contribution < 1.29 is 4.21 Å². The van der Waals surface area contributed by atoms with E-state index in [4.69, 9.17) is 0 Å². The van der Waals surface area contributed by atoms with Crippen molar-refractivity contribution in [1.82, 2.24) is 9.97 Å². The summed E-state index contributed by atoms with van der Waals surface area (Å²) in [5.74, 6) is 2.22. The van der Waals surface area contributed by atoms with E-state index in [1.54, 1.807) is 12.4 Å². The van der Waals surface area contributed by atoms with Crippen LogP contribution >= 0.6 is 15.9 Å². The highest BCUT2D eigenvalue weighted by atomic mass is 79.9. The lowest BCUT2D eigenvalue weighted by Gasteiger charge is -2.22. The topological polar surface area (TPSA) is 54.9 Å². The molecule has 2 heterocycles. The smallest absolute Gasteiger partial charge is 0.222 e. The van der Waals surface area contributed by atoms with Crippen molar-refractivity contribution in [3.8, 4) is 0 Å². The van der Waals surface area contributed by atoms with Gasteiger partial charge in [-0.3, -0.25) is 4.21 Å². The summed E-state index contributed by atoms with van der Waals surface area (Å²) < 4.78 is 12.0. The number of nitrogens with zero attached hydrogens (tertiary/aromatic N) is 2. The minimum absolute atomic E-state index is 0.365. The van der Waals surface area contributed by atoms with Gasteiger partial charge in [0.1, 0.15) is 0 Å². The van der Waals surface area contributed by atoms with Crippen LogP contribution in [-0.2, 0) is 10.8 Å². The van der Waals surface area contributed by atoms with Crippen LogP contribution in [0.4, 0.5) is 5.95 Å². The Balaban J connectivity index is 1.91. The number of rotatable bonds is 2. The summed E-state index contributed by atoms with van der Waals surface area (Å²) in [5.41, 5.74) is 0. The van der Waals surface area contributed by atoms with Gasteiger partial charge in [-0.2, -0.15) is 0 Å². The Morgan fingerprint density at radius 2 is 1.93 bits per heavy atom. The first-order valence-electron chi connectivity index (χ1n) is 4.83. The van der Waals surface area contributed by atoms with E-state index < -0.39 is 10.8 Å². The molecule has 1 fully saturated rings. The Hall–Kier alpha value is -0.490. The third kappa shape index (κ3) is 3.24. The summed E-state index contributed by atoms with van der Waals surface area (Å²) in [6.45, 7) is 0. The molecule has 1 aromatic rings. The number of hydrogen-bond donors (Lipinski definition) is 1. The van der Waals surface area contributed by atoms with E-state index in [1.807, 2.05) is 0 Å². The molecule has 0 bridgehead atoms. The lowest BCUT2D eigenvalue weighted by Crippen LogP contribution is -2.30. The highest BCUT2D eigenvalue weighted by Crippen LogP contribution is 2.14. The fourth-order valence-corrected chi connectivity index (χ4v) is 3.01. The number of aromatic nitrogens is 2. The fourth-order valence-electron chi connectivity index (χ4n) is 1.51. The summed E-state index contributed by atoms with van der Waals surface area (Å²) in [4.78, 5) is 8.29. The van der Waals surface area contributed by atoms with Gasteiger partial charge in [-0.1, -0.05) is 0 Å². The molecular weight excluding hydrogens is 278 g/mol. The summed E-state index contributed by atoms with van der Waals surface area (Å²) in [7, 11) is -0.611. The zero-order valence-corrected chi connectivity index (χ0v) is 10.6. The first-order valence-corrected chi connectivity index (χ1v) is 7.11. The number of hydrogen-bond acceptors (Lipinski definition) is 4. The van der Waals surface area contributed by atoms with Crippen LogP contribution in [0.15, 0.2) is 16.9 Å². The standard InChI is InChI=1S/C9H12BrN3OS/c10-7-5-11-9(12-6-7)13-8-1-3-15(14)4-2-8/h5-6,8H,1-4H2,(H,11,12,13). The van der Waals surface area contributed by atoms with Crippen molar-refractivity contribution in [1.29, 1.82) is 0 Å². The largest absolute Gasteiger partial charge is 0.351 e. The van der Waals surface area contributed by atoms with Gasteiger partial charge in [0, 0.05) is 40.7 Å². The van der Waals surface area contributed by atoms with Gasteiger partial charge in [-0.25, -0.2) is 9.97 Å².